The van der Waals surface area contributed by atoms with E-state index in [0.717, 1.165) is 12.8 Å². The second-order valence-electron chi connectivity index (χ2n) is 4.07. The van der Waals surface area contributed by atoms with Crippen molar-refractivity contribution in [3.63, 3.8) is 0 Å². The van der Waals surface area contributed by atoms with Gasteiger partial charge < -0.3 is 0 Å². The van der Waals surface area contributed by atoms with Gasteiger partial charge in [0.05, 0.1) is 5.25 Å². The maximum Gasteiger partial charge on any atom is 0.212 e. The summed E-state index contributed by atoms with van der Waals surface area (Å²) in [5.41, 5.74) is 0. The predicted molar refractivity (Wildman–Crippen MR) is 47.0 cm³/mol. The van der Waals surface area contributed by atoms with Crippen molar-refractivity contribution in [3.8, 4) is 0 Å². The lowest BCUT2D eigenvalue weighted by atomic mass is 9.65. The van der Waals surface area contributed by atoms with E-state index in [1.165, 1.54) is 19.3 Å². The van der Waals surface area contributed by atoms with Crippen LogP contribution < -0.4 is 5.14 Å². The number of rotatable bonds is 1. The van der Waals surface area contributed by atoms with Gasteiger partial charge in [0.25, 0.3) is 0 Å². The maximum atomic E-state index is 11.0. The molecule has 0 heterocycles. The van der Waals surface area contributed by atoms with Gasteiger partial charge in [-0.05, 0) is 24.7 Å². The number of hydrogen-bond acceptors (Lipinski definition) is 2. The van der Waals surface area contributed by atoms with Gasteiger partial charge in [0.15, 0.2) is 0 Å². The molecule has 0 aromatic rings. The minimum Gasteiger partial charge on any atom is -0.228 e. The molecule has 0 amide bonds. The lowest BCUT2D eigenvalue weighted by Crippen LogP contribution is -2.50. The van der Waals surface area contributed by atoms with Gasteiger partial charge in [-0.25, -0.2) is 13.6 Å². The zero-order chi connectivity index (χ0) is 8.77. The Balaban J connectivity index is 2.06. The van der Waals surface area contributed by atoms with Crippen molar-refractivity contribution >= 4 is 10.0 Å². The van der Waals surface area contributed by atoms with Crippen LogP contribution in [0.4, 0.5) is 0 Å². The minimum atomic E-state index is -3.24. The second-order valence-corrected chi connectivity index (χ2v) is 5.86. The highest BCUT2D eigenvalue weighted by atomic mass is 32.2. The summed E-state index contributed by atoms with van der Waals surface area (Å²) in [5, 5.41) is 4.91. The number of fused-ring (bicyclic) bond motifs is 1. The molecule has 70 valence electrons. The van der Waals surface area contributed by atoms with E-state index < -0.39 is 10.0 Å². The van der Waals surface area contributed by atoms with Gasteiger partial charge in [-0.1, -0.05) is 19.3 Å². The van der Waals surface area contributed by atoms with E-state index in [2.05, 4.69) is 0 Å². The van der Waals surface area contributed by atoms with Crippen molar-refractivity contribution in [2.45, 2.75) is 37.4 Å². The van der Waals surface area contributed by atoms with E-state index in [4.69, 9.17) is 5.14 Å². The first-order valence-electron chi connectivity index (χ1n) is 4.60. The Hall–Kier alpha value is -0.0900. The van der Waals surface area contributed by atoms with Crippen molar-refractivity contribution in [2.24, 2.45) is 17.0 Å². The quantitative estimate of drug-likeness (QED) is 0.665. The number of sulfonamides is 1. The third-order valence-electron chi connectivity index (χ3n) is 3.40. The van der Waals surface area contributed by atoms with Crippen LogP contribution in [0.1, 0.15) is 32.1 Å². The van der Waals surface area contributed by atoms with Crippen molar-refractivity contribution < 1.29 is 8.42 Å². The van der Waals surface area contributed by atoms with E-state index in [-0.39, 0.29) is 5.25 Å². The smallest absolute Gasteiger partial charge is 0.212 e. The number of nitrogens with two attached hydrogens (primary N) is 1. The first kappa shape index (κ1) is 8.51. The molecule has 2 fully saturated rings. The molecule has 0 radical (unpaired) electrons. The fourth-order valence-corrected chi connectivity index (χ4v) is 4.03. The van der Waals surface area contributed by atoms with E-state index in [0.29, 0.717) is 11.8 Å². The summed E-state index contributed by atoms with van der Waals surface area (Å²) < 4.78 is 22.1. The van der Waals surface area contributed by atoms with Gasteiger partial charge >= 0.3 is 0 Å². The van der Waals surface area contributed by atoms with Gasteiger partial charge in [0.2, 0.25) is 10.0 Å². The third kappa shape index (κ3) is 1.27. The molecular weight excluding hydrogens is 174 g/mol. The van der Waals surface area contributed by atoms with Gasteiger partial charge in [0, 0.05) is 0 Å². The lowest BCUT2D eigenvalue weighted by Gasteiger charge is -2.46. The number of primary sulfonamides is 1. The number of hydrogen-bond donors (Lipinski definition) is 1. The minimum absolute atomic E-state index is 0.206. The summed E-state index contributed by atoms with van der Waals surface area (Å²) in [6.45, 7) is 0. The summed E-state index contributed by atoms with van der Waals surface area (Å²) >= 11 is 0. The lowest BCUT2D eigenvalue weighted by molar-refractivity contribution is 0.120. The second kappa shape index (κ2) is 2.70. The standard InChI is InChI=1S/C8H15NO2S/c9-12(10,11)8-5-6-3-1-2-4-7(6)8/h6-8H,1-5H2,(H2,9,10,11). The van der Waals surface area contributed by atoms with Crippen LogP contribution in [0.5, 0.6) is 0 Å². The SMILES string of the molecule is NS(=O)(=O)C1CC2CCCCC21. The average Bonchev–Trinajstić information content (AvgIpc) is 1.88. The molecular formula is C8H15NO2S. The van der Waals surface area contributed by atoms with E-state index in [9.17, 15) is 8.42 Å². The zero-order valence-corrected chi connectivity index (χ0v) is 7.89. The molecule has 2 aliphatic rings. The topological polar surface area (TPSA) is 60.2 Å². The summed E-state index contributed by atoms with van der Waals surface area (Å²) in [6.07, 6.45) is 5.58. The molecule has 0 bridgehead atoms. The molecule has 3 nitrogen and oxygen atoms in total. The molecule has 2 saturated carbocycles. The van der Waals surface area contributed by atoms with Crippen LogP contribution in [-0.4, -0.2) is 13.7 Å². The Morgan fingerprint density at radius 3 is 2.42 bits per heavy atom. The largest absolute Gasteiger partial charge is 0.228 e. The molecule has 2 rings (SSSR count). The predicted octanol–water partition coefficient (Wildman–Crippen LogP) is 0.854. The fourth-order valence-electron chi connectivity index (χ4n) is 2.67. The van der Waals surface area contributed by atoms with Gasteiger partial charge in [-0.3, -0.25) is 0 Å². The normalized spacial score (nSPS) is 41.6. The van der Waals surface area contributed by atoms with Crippen LogP contribution in [0.25, 0.3) is 0 Å². The van der Waals surface area contributed by atoms with E-state index in [1.807, 2.05) is 0 Å². The molecule has 4 heteroatoms. The van der Waals surface area contributed by atoms with Gasteiger partial charge in [-0.2, -0.15) is 0 Å². The molecule has 2 aliphatic carbocycles. The van der Waals surface area contributed by atoms with Gasteiger partial charge in [0.1, 0.15) is 0 Å². The highest BCUT2D eigenvalue weighted by Crippen LogP contribution is 2.47. The Morgan fingerprint density at radius 1 is 1.17 bits per heavy atom. The Bertz CT molecular complexity index is 273. The van der Waals surface area contributed by atoms with Gasteiger partial charge in [-0.15, -0.1) is 0 Å². The fraction of sp³-hybridized carbons (Fsp3) is 1.00. The third-order valence-corrected chi connectivity index (χ3v) is 4.79. The maximum absolute atomic E-state index is 11.0. The van der Waals surface area contributed by atoms with Crippen LogP contribution in [0, 0.1) is 11.8 Å². The Labute approximate surface area is 73.4 Å². The first-order chi connectivity index (χ1) is 5.59. The molecule has 12 heavy (non-hydrogen) atoms. The summed E-state index contributed by atoms with van der Waals surface area (Å²) in [7, 11) is -3.24. The summed E-state index contributed by atoms with van der Waals surface area (Å²) in [6, 6.07) is 0. The highest BCUT2D eigenvalue weighted by Gasteiger charge is 2.47. The molecule has 0 aromatic carbocycles. The van der Waals surface area contributed by atoms with Crippen LogP contribution >= 0.6 is 0 Å². The van der Waals surface area contributed by atoms with Crippen molar-refractivity contribution in [1.29, 1.82) is 0 Å². The molecule has 0 saturated heterocycles. The van der Waals surface area contributed by atoms with Crippen LogP contribution in [0.15, 0.2) is 0 Å². The van der Waals surface area contributed by atoms with Crippen molar-refractivity contribution in [1.82, 2.24) is 0 Å². The molecule has 3 unspecified atom stereocenters. The van der Waals surface area contributed by atoms with E-state index >= 15 is 0 Å². The first-order valence-corrected chi connectivity index (χ1v) is 6.21. The zero-order valence-electron chi connectivity index (χ0n) is 7.07. The summed E-state index contributed by atoms with van der Waals surface area (Å²) in [5.74, 6) is 1.07. The summed E-state index contributed by atoms with van der Waals surface area (Å²) in [4.78, 5) is 0. The van der Waals surface area contributed by atoms with Crippen molar-refractivity contribution in [2.75, 3.05) is 0 Å². The molecule has 0 aromatic heterocycles. The molecule has 2 N–H and O–H groups in total. The monoisotopic (exact) mass is 189 g/mol. The van der Waals surface area contributed by atoms with Crippen LogP contribution in [-0.2, 0) is 10.0 Å². The molecule has 0 aliphatic heterocycles. The highest BCUT2D eigenvalue weighted by molar-refractivity contribution is 7.89. The van der Waals surface area contributed by atoms with E-state index in [1.54, 1.807) is 0 Å². The average molecular weight is 189 g/mol. The van der Waals surface area contributed by atoms with Crippen LogP contribution in [0.2, 0.25) is 0 Å². The Kier molecular flexibility index (Phi) is 1.92. The molecule has 3 atom stereocenters. The molecule has 0 spiro atoms. The van der Waals surface area contributed by atoms with Crippen molar-refractivity contribution in [3.05, 3.63) is 0 Å². The van der Waals surface area contributed by atoms with Crippen LogP contribution in [0.3, 0.4) is 0 Å². The Morgan fingerprint density at radius 2 is 1.83 bits per heavy atom.